The van der Waals surface area contributed by atoms with Gasteiger partial charge in [0.05, 0.1) is 0 Å². The monoisotopic (exact) mass is 214 g/mol. The quantitative estimate of drug-likeness (QED) is 0.535. The third kappa shape index (κ3) is 2.27. The van der Waals surface area contributed by atoms with Gasteiger partial charge in [-0.2, -0.15) is 5.26 Å². The summed E-state index contributed by atoms with van der Waals surface area (Å²) in [6.07, 6.45) is 3.63. The van der Waals surface area contributed by atoms with E-state index in [1.807, 2.05) is 24.5 Å². The van der Waals surface area contributed by atoms with E-state index in [0.29, 0.717) is 17.5 Å². The van der Waals surface area contributed by atoms with Crippen molar-refractivity contribution in [1.82, 2.24) is 15.0 Å². The van der Waals surface area contributed by atoms with Gasteiger partial charge in [0, 0.05) is 12.3 Å². The van der Waals surface area contributed by atoms with Crippen LogP contribution in [-0.4, -0.2) is 15.0 Å². The molecule has 0 spiro atoms. The van der Waals surface area contributed by atoms with E-state index in [-0.39, 0.29) is 0 Å². The fourth-order valence-electron chi connectivity index (χ4n) is 1.30. The molecule has 3 N–H and O–H groups in total. The van der Waals surface area contributed by atoms with Crippen molar-refractivity contribution in [3.63, 3.8) is 0 Å². The summed E-state index contributed by atoms with van der Waals surface area (Å²) in [5.74, 6) is 2.53. The van der Waals surface area contributed by atoms with Gasteiger partial charge < -0.3 is 10.3 Å². The van der Waals surface area contributed by atoms with E-state index in [1.54, 1.807) is 13.0 Å². The summed E-state index contributed by atoms with van der Waals surface area (Å²) in [5, 5.41) is 14.1. The van der Waals surface area contributed by atoms with Crippen LogP contribution in [0.15, 0.2) is 24.4 Å². The molecule has 2 rings (SSSR count). The third-order valence-electron chi connectivity index (χ3n) is 1.88. The molecule has 0 unspecified atom stereocenters. The van der Waals surface area contributed by atoms with E-state index in [4.69, 9.17) is 5.26 Å². The Labute approximate surface area is 92.4 Å². The second-order valence-electron chi connectivity index (χ2n) is 3.13. The van der Waals surface area contributed by atoms with Gasteiger partial charge in [0.2, 0.25) is 0 Å². The smallest absolute Gasteiger partial charge is 0.182 e. The first-order valence-electron chi connectivity index (χ1n) is 4.69. The van der Waals surface area contributed by atoms with Gasteiger partial charge in [-0.3, -0.25) is 5.32 Å². The Kier molecular flexibility index (Phi) is 2.69. The molecule has 0 atom stereocenters. The average Bonchev–Trinajstić information content (AvgIpc) is 2.70. The van der Waals surface area contributed by atoms with E-state index in [0.717, 1.165) is 5.82 Å². The molecule has 6 nitrogen and oxygen atoms in total. The molecule has 2 aromatic rings. The van der Waals surface area contributed by atoms with Crippen molar-refractivity contribution >= 4 is 17.5 Å². The maximum absolute atomic E-state index is 8.51. The number of rotatable bonds is 3. The van der Waals surface area contributed by atoms with Crippen molar-refractivity contribution in [3.8, 4) is 6.19 Å². The molecule has 16 heavy (non-hydrogen) atoms. The van der Waals surface area contributed by atoms with Gasteiger partial charge in [-0.1, -0.05) is 0 Å². The number of aromatic nitrogens is 3. The van der Waals surface area contributed by atoms with Crippen LogP contribution in [0.25, 0.3) is 0 Å². The van der Waals surface area contributed by atoms with Gasteiger partial charge in [-0.05, 0) is 19.1 Å². The second-order valence-corrected chi connectivity index (χ2v) is 3.13. The number of H-pyrrole nitrogens is 1. The maximum Gasteiger partial charge on any atom is 0.182 e. The molecule has 0 saturated heterocycles. The van der Waals surface area contributed by atoms with Gasteiger partial charge in [0.25, 0.3) is 0 Å². The highest BCUT2D eigenvalue weighted by atomic mass is 15.1. The van der Waals surface area contributed by atoms with Crippen LogP contribution in [0.4, 0.5) is 17.5 Å². The summed E-state index contributed by atoms with van der Waals surface area (Å²) in [5.41, 5.74) is 0. The van der Waals surface area contributed by atoms with Crippen LogP contribution in [-0.2, 0) is 0 Å². The van der Waals surface area contributed by atoms with Crippen LogP contribution in [0.5, 0.6) is 0 Å². The van der Waals surface area contributed by atoms with Crippen LogP contribution < -0.4 is 10.6 Å². The third-order valence-corrected chi connectivity index (χ3v) is 1.88. The lowest BCUT2D eigenvalue weighted by molar-refractivity contribution is 1.06. The van der Waals surface area contributed by atoms with Crippen molar-refractivity contribution in [2.45, 2.75) is 6.92 Å². The number of anilines is 3. The number of nitrogens with zero attached hydrogens (tertiary/aromatic N) is 3. The maximum atomic E-state index is 8.51. The minimum atomic E-state index is 0.476. The number of hydrogen-bond donors (Lipinski definition) is 3. The number of aromatic amines is 1. The molecule has 0 bridgehead atoms. The molecule has 0 aliphatic heterocycles. The molecule has 6 heteroatoms. The fraction of sp³-hybridized carbons (Fsp3) is 0.100. The van der Waals surface area contributed by atoms with Gasteiger partial charge in [-0.15, -0.1) is 0 Å². The molecule has 0 aliphatic rings. The Hall–Kier alpha value is -2.55. The number of nitriles is 1. The first kappa shape index (κ1) is 9.98. The molecule has 0 fully saturated rings. The highest BCUT2D eigenvalue weighted by Gasteiger charge is 2.01. The highest BCUT2D eigenvalue weighted by molar-refractivity contribution is 5.56. The minimum Gasteiger partial charge on any atom is -0.348 e. The van der Waals surface area contributed by atoms with Crippen LogP contribution in [0.3, 0.4) is 0 Å². The Bertz CT molecular complexity index is 511. The van der Waals surface area contributed by atoms with Crippen molar-refractivity contribution in [1.29, 1.82) is 5.26 Å². The van der Waals surface area contributed by atoms with Crippen LogP contribution >= 0.6 is 0 Å². The van der Waals surface area contributed by atoms with Crippen molar-refractivity contribution < 1.29 is 0 Å². The summed E-state index contributed by atoms with van der Waals surface area (Å²) in [7, 11) is 0. The lowest BCUT2D eigenvalue weighted by Crippen LogP contribution is -2.00. The Morgan fingerprint density at radius 1 is 1.38 bits per heavy atom. The molecule has 80 valence electrons. The molecule has 2 aromatic heterocycles. The zero-order valence-corrected chi connectivity index (χ0v) is 8.65. The summed E-state index contributed by atoms with van der Waals surface area (Å²) in [6, 6.07) is 5.43. The summed E-state index contributed by atoms with van der Waals surface area (Å²) >= 11 is 0. The lowest BCUT2D eigenvalue weighted by atomic mass is 10.4. The zero-order chi connectivity index (χ0) is 11.4. The molecule has 0 aliphatic carbocycles. The summed E-state index contributed by atoms with van der Waals surface area (Å²) < 4.78 is 0. The van der Waals surface area contributed by atoms with E-state index < -0.39 is 0 Å². The van der Waals surface area contributed by atoms with Crippen molar-refractivity contribution in [2.75, 3.05) is 10.6 Å². The molecular weight excluding hydrogens is 204 g/mol. The minimum absolute atomic E-state index is 0.476. The Morgan fingerprint density at radius 3 is 2.88 bits per heavy atom. The second kappa shape index (κ2) is 4.31. The van der Waals surface area contributed by atoms with Gasteiger partial charge in [0.15, 0.2) is 6.19 Å². The van der Waals surface area contributed by atoms with Crippen LogP contribution in [0, 0.1) is 18.4 Å². The Balaban J connectivity index is 2.24. The van der Waals surface area contributed by atoms with Crippen LogP contribution in [0.2, 0.25) is 0 Å². The first-order chi connectivity index (χ1) is 7.78. The van der Waals surface area contributed by atoms with Crippen molar-refractivity contribution in [2.24, 2.45) is 0 Å². The average molecular weight is 214 g/mol. The van der Waals surface area contributed by atoms with E-state index in [2.05, 4.69) is 25.6 Å². The van der Waals surface area contributed by atoms with E-state index in [1.165, 1.54) is 0 Å². The Morgan fingerprint density at radius 2 is 2.19 bits per heavy atom. The van der Waals surface area contributed by atoms with Gasteiger partial charge in [0.1, 0.15) is 23.3 Å². The highest BCUT2D eigenvalue weighted by Crippen LogP contribution is 2.15. The number of hydrogen-bond acceptors (Lipinski definition) is 5. The summed E-state index contributed by atoms with van der Waals surface area (Å²) in [4.78, 5) is 11.3. The largest absolute Gasteiger partial charge is 0.348 e. The normalized spacial score (nSPS) is 9.50. The zero-order valence-electron chi connectivity index (χ0n) is 8.65. The number of aryl methyl sites for hydroxylation is 1. The summed E-state index contributed by atoms with van der Waals surface area (Å²) in [6.45, 7) is 1.77. The standard InChI is InChI=1S/C10H10N6/c1-7-14-9(13-6-11)5-10(15-7)16-8-3-2-4-12-8/h2-5,12H,1H3,(H2,13,14,15,16). The lowest BCUT2D eigenvalue weighted by Gasteiger charge is -2.05. The molecular formula is C10H10N6. The molecule has 0 radical (unpaired) electrons. The van der Waals surface area contributed by atoms with Crippen molar-refractivity contribution in [3.05, 3.63) is 30.2 Å². The van der Waals surface area contributed by atoms with Crippen LogP contribution in [0.1, 0.15) is 5.82 Å². The van der Waals surface area contributed by atoms with E-state index >= 15 is 0 Å². The van der Waals surface area contributed by atoms with E-state index in [9.17, 15) is 0 Å². The fourth-order valence-corrected chi connectivity index (χ4v) is 1.30. The molecule has 0 aromatic carbocycles. The SMILES string of the molecule is Cc1nc(NC#N)cc(Nc2ccc[nH]2)n1. The molecule has 2 heterocycles. The first-order valence-corrected chi connectivity index (χ1v) is 4.69. The number of nitrogens with one attached hydrogen (secondary N) is 3. The van der Waals surface area contributed by atoms with Gasteiger partial charge >= 0.3 is 0 Å². The predicted molar refractivity (Wildman–Crippen MR) is 60.1 cm³/mol. The molecule has 0 saturated carbocycles. The molecule has 0 amide bonds. The topological polar surface area (TPSA) is 89.4 Å². The van der Waals surface area contributed by atoms with Gasteiger partial charge in [-0.25, -0.2) is 9.97 Å². The predicted octanol–water partition coefficient (Wildman–Crippen LogP) is 1.75.